The number of carboxylic acids is 1. The highest BCUT2D eigenvalue weighted by Crippen LogP contribution is 2.38. The fourth-order valence-electron chi connectivity index (χ4n) is 3.20. The molecule has 0 spiro atoms. The molecule has 0 amide bonds. The van der Waals surface area contributed by atoms with Crippen molar-refractivity contribution in [3.63, 3.8) is 0 Å². The molecule has 1 aromatic rings. The first-order valence-electron chi connectivity index (χ1n) is 7.09. The lowest BCUT2D eigenvalue weighted by molar-refractivity contribution is -0.144. The number of carbonyl (C=O) groups is 1. The molecule has 1 saturated carbocycles. The van der Waals surface area contributed by atoms with Crippen molar-refractivity contribution in [1.82, 2.24) is 0 Å². The summed E-state index contributed by atoms with van der Waals surface area (Å²) in [4.78, 5) is 11.8. The second-order valence-corrected chi connectivity index (χ2v) is 5.81. The highest BCUT2D eigenvalue weighted by molar-refractivity contribution is 5.81. The summed E-state index contributed by atoms with van der Waals surface area (Å²) < 4.78 is 0. The first-order chi connectivity index (χ1) is 9.08. The highest BCUT2D eigenvalue weighted by atomic mass is 16.4. The molecule has 1 aliphatic rings. The van der Waals surface area contributed by atoms with E-state index in [0.29, 0.717) is 12.3 Å². The number of rotatable bonds is 5. The van der Waals surface area contributed by atoms with Gasteiger partial charge in [0.2, 0.25) is 0 Å². The van der Waals surface area contributed by atoms with E-state index in [-0.39, 0.29) is 6.54 Å². The summed E-state index contributed by atoms with van der Waals surface area (Å²) in [6.07, 6.45) is 5.39. The molecule has 1 aliphatic carbocycles. The van der Waals surface area contributed by atoms with Crippen LogP contribution in [0.1, 0.15) is 43.2 Å². The van der Waals surface area contributed by atoms with Gasteiger partial charge in [-0.3, -0.25) is 4.79 Å². The standard InChI is InChI=1S/C16H23NO2/c1-12-6-8-14(9-7-12)16(11-17,15(18)19)10-13-4-2-3-5-13/h6-9,13H,2-5,10-11,17H2,1H3,(H,18,19). The number of aryl methyl sites for hydroxylation is 1. The lowest BCUT2D eigenvalue weighted by Gasteiger charge is -2.31. The number of hydrogen-bond acceptors (Lipinski definition) is 2. The Kier molecular flexibility index (Phi) is 4.25. The lowest BCUT2D eigenvalue weighted by atomic mass is 9.73. The number of aliphatic carboxylic acids is 1. The maximum atomic E-state index is 11.8. The predicted octanol–water partition coefficient (Wildman–Crippen LogP) is 2.86. The minimum atomic E-state index is -0.914. The van der Waals surface area contributed by atoms with Crippen LogP contribution in [-0.4, -0.2) is 17.6 Å². The van der Waals surface area contributed by atoms with Gasteiger partial charge in [0.15, 0.2) is 0 Å². The highest BCUT2D eigenvalue weighted by Gasteiger charge is 2.41. The first-order valence-corrected chi connectivity index (χ1v) is 7.09. The van der Waals surface area contributed by atoms with Crippen LogP contribution in [0.2, 0.25) is 0 Å². The van der Waals surface area contributed by atoms with Gasteiger partial charge in [-0.1, -0.05) is 55.5 Å². The lowest BCUT2D eigenvalue weighted by Crippen LogP contribution is -2.44. The van der Waals surface area contributed by atoms with Crippen molar-refractivity contribution in [2.75, 3.05) is 6.54 Å². The molecule has 1 unspecified atom stereocenters. The Bertz CT molecular complexity index is 435. The van der Waals surface area contributed by atoms with E-state index in [9.17, 15) is 9.90 Å². The summed E-state index contributed by atoms with van der Waals surface area (Å²) in [5, 5.41) is 9.73. The molecule has 1 aromatic carbocycles. The van der Waals surface area contributed by atoms with E-state index < -0.39 is 11.4 Å². The second-order valence-electron chi connectivity index (χ2n) is 5.81. The second kappa shape index (κ2) is 5.74. The van der Waals surface area contributed by atoms with Crippen LogP contribution in [0.4, 0.5) is 0 Å². The average molecular weight is 261 g/mol. The molecule has 0 bridgehead atoms. The molecule has 0 saturated heterocycles. The van der Waals surface area contributed by atoms with Crippen LogP contribution >= 0.6 is 0 Å². The Morgan fingerprint density at radius 2 is 1.89 bits per heavy atom. The zero-order chi connectivity index (χ0) is 13.9. The van der Waals surface area contributed by atoms with E-state index >= 15 is 0 Å². The van der Waals surface area contributed by atoms with E-state index in [0.717, 1.165) is 24.0 Å². The summed E-state index contributed by atoms with van der Waals surface area (Å²) in [6, 6.07) is 7.78. The number of nitrogens with two attached hydrogens (primary N) is 1. The van der Waals surface area contributed by atoms with E-state index in [1.165, 1.54) is 12.8 Å². The zero-order valence-corrected chi connectivity index (χ0v) is 11.6. The van der Waals surface area contributed by atoms with E-state index in [1.807, 2.05) is 31.2 Å². The molecule has 1 atom stereocenters. The molecule has 1 fully saturated rings. The third-order valence-corrected chi connectivity index (χ3v) is 4.47. The number of carboxylic acid groups (broad SMARTS) is 1. The maximum absolute atomic E-state index is 11.8. The van der Waals surface area contributed by atoms with Crippen molar-refractivity contribution >= 4 is 5.97 Å². The quantitative estimate of drug-likeness (QED) is 0.856. The minimum Gasteiger partial charge on any atom is -0.481 e. The molecule has 0 aromatic heterocycles. The van der Waals surface area contributed by atoms with Gasteiger partial charge >= 0.3 is 5.97 Å². The SMILES string of the molecule is Cc1ccc(C(CN)(CC2CCCC2)C(=O)O)cc1. The minimum absolute atomic E-state index is 0.169. The van der Waals surface area contributed by atoms with E-state index in [2.05, 4.69) is 0 Å². The van der Waals surface area contributed by atoms with E-state index in [4.69, 9.17) is 5.73 Å². The first kappa shape index (κ1) is 14.1. The average Bonchev–Trinajstić information content (AvgIpc) is 2.89. The van der Waals surface area contributed by atoms with Crippen LogP contribution < -0.4 is 5.73 Å². The summed E-state index contributed by atoms with van der Waals surface area (Å²) in [6.45, 7) is 2.17. The van der Waals surface area contributed by atoms with Crippen LogP contribution in [-0.2, 0) is 10.2 Å². The Morgan fingerprint density at radius 3 is 2.37 bits per heavy atom. The van der Waals surface area contributed by atoms with Gasteiger partial charge in [0.25, 0.3) is 0 Å². The van der Waals surface area contributed by atoms with Gasteiger partial charge in [-0.05, 0) is 24.8 Å². The monoisotopic (exact) mass is 261 g/mol. The van der Waals surface area contributed by atoms with Gasteiger partial charge in [0, 0.05) is 6.54 Å². The zero-order valence-electron chi connectivity index (χ0n) is 11.6. The van der Waals surface area contributed by atoms with Gasteiger partial charge in [-0.15, -0.1) is 0 Å². The molecule has 2 rings (SSSR count). The summed E-state index contributed by atoms with van der Waals surface area (Å²) in [7, 11) is 0. The third-order valence-electron chi connectivity index (χ3n) is 4.47. The maximum Gasteiger partial charge on any atom is 0.315 e. The molecule has 19 heavy (non-hydrogen) atoms. The molecule has 0 aliphatic heterocycles. The molecule has 104 valence electrons. The largest absolute Gasteiger partial charge is 0.481 e. The van der Waals surface area contributed by atoms with Crippen LogP contribution in [0.5, 0.6) is 0 Å². The number of benzene rings is 1. The van der Waals surface area contributed by atoms with Gasteiger partial charge in [-0.25, -0.2) is 0 Å². The molecule has 0 heterocycles. The van der Waals surface area contributed by atoms with Gasteiger partial charge in [0.05, 0.1) is 0 Å². The molecular weight excluding hydrogens is 238 g/mol. The van der Waals surface area contributed by atoms with Crippen molar-refractivity contribution in [2.24, 2.45) is 11.7 Å². The predicted molar refractivity (Wildman–Crippen MR) is 76.1 cm³/mol. The summed E-state index contributed by atoms with van der Waals surface area (Å²) in [5.74, 6) is -0.285. The molecule has 3 heteroatoms. The third kappa shape index (κ3) is 2.81. The van der Waals surface area contributed by atoms with E-state index in [1.54, 1.807) is 0 Å². The van der Waals surface area contributed by atoms with Gasteiger partial charge in [-0.2, -0.15) is 0 Å². The van der Waals surface area contributed by atoms with Crippen molar-refractivity contribution < 1.29 is 9.90 Å². The summed E-state index contributed by atoms with van der Waals surface area (Å²) >= 11 is 0. The number of hydrogen-bond donors (Lipinski definition) is 2. The molecule has 3 N–H and O–H groups in total. The van der Waals surface area contributed by atoms with Crippen molar-refractivity contribution in [3.8, 4) is 0 Å². The van der Waals surface area contributed by atoms with Crippen molar-refractivity contribution in [1.29, 1.82) is 0 Å². The molecular formula is C16H23NO2. The Labute approximate surface area is 114 Å². The Hall–Kier alpha value is -1.35. The molecule has 0 radical (unpaired) electrons. The summed E-state index contributed by atoms with van der Waals surface area (Å²) in [5.41, 5.74) is 6.95. The molecule has 3 nitrogen and oxygen atoms in total. The van der Waals surface area contributed by atoms with Gasteiger partial charge in [0.1, 0.15) is 5.41 Å². The fraction of sp³-hybridized carbons (Fsp3) is 0.562. The van der Waals surface area contributed by atoms with Crippen LogP contribution in [0.3, 0.4) is 0 Å². The smallest absolute Gasteiger partial charge is 0.315 e. The van der Waals surface area contributed by atoms with Crippen LogP contribution in [0, 0.1) is 12.8 Å². The topological polar surface area (TPSA) is 63.3 Å². The Balaban J connectivity index is 2.32. The van der Waals surface area contributed by atoms with Crippen molar-refractivity contribution in [2.45, 2.75) is 44.4 Å². The Morgan fingerprint density at radius 1 is 1.32 bits per heavy atom. The van der Waals surface area contributed by atoms with Crippen LogP contribution in [0.25, 0.3) is 0 Å². The normalized spacial score (nSPS) is 19.3. The van der Waals surface area contributed by atoms with Crippen LogP contribution in [0.15, 0.2) is 24.3 Å². The van der Waals surface area contributed by atoms with Crippen molar-refractivity contribution in [3.05, 3.63) is 35.4 Å². The fourth-order valence-corrected chi connectivity index (χ4v) is 3.20. The van der Waals surface area contributed by atoms with Gasteiger partial charge < -0.3 is 10.8 Å².